The van der Waals surface area contributed by atoms with Crippen LogP contribution >= 0.6 is 22.9 Å². The second kappa shape index (κ2) is 9.66. The lowest BCUT2D eigenvalue weighted by atomic mass is 10.1. The molecule has 0 unspecified atom stereocenters. The van der Waals surface area contributed by atoms with Crippen molar-refractivity contribution in [3.63, 3.8) is 0 Å². The summed E-state index contributed by atoms with van der Waals surface area (Å²) in [5.74, 6) is 0.622. The van der Waals surface area contributed by atoms with Crippen LogP contribution in [-0.2, 0) is 6.61 Å². The maximum absolute atomic E-state index is 12.7. The van der Waals surface area contributed by atoms with Crippen molar-refractivity contribution >= 4 is 34.0 Å². The first-order chi connectivity index (χ1) is 13.6. The number of nitrogens with zero attached hydrogens (tertiary/aromatic N) is 2. The van der Waals surface area contributed by atoms with E-state index in [4.69, 9.17) is 16.3 Å². The summed E-state index contributed by atoms with van der Waals surface area (Å²) >= 11 is 7.33. The molecule has 0 saturated heterocycles. The zero-order valence-electron chi connectivity index (χ0n) is 15.8. The highest BCUT2D eigenvalue weighted by molar-refractivity contribution is 7.15. The second-order valence-electron chi connectivity index (χ2n) is 6.32. The molecule has 1 aromatic heterocycles. The molecule has 146 valence electrons. The van der Waals surface area contributed by atoms with Gasteiger partial charge in [0.15, 0.2) is 0 Å². The molecule has 7 heteroatoms. The van der Waals surface area contributed by atoms with E-state index in [-0.39, 0.29) is 5.91 Å². The summed E-state index contributed by atoms with van der Waals surface area (Å²) in [6.45, 7) is 4.60. The lowest BCUT2D eigenvalue weighted by molar-refractivity contribution is 0.102. The molecule has 0 bridgehead atoms. The zero-order valence-corrected chi connectivity index (χ0v) is 17.4. The Kier molecular flexibility index (Phi) is 7.01. The number of carbonyl (C=O) groups excluding carboxylic acids is 1. The lowest BCUT2D eigenvalue weighted by Gasteiger charge is -2.11. The van der Waals surface area contributed by atoms with E-state index in [1.54, 1.807) is 18.2 Å². The second-order valence-corrected chi connectivity index (χ2v) is 7.77. The quantitative estimate of drug-likeness (QED) is 0.495. The molecule has 28 heavy (non-hydrogen) atoms. The number of rotatable bonds is 8. The molecule has 5 nitrogen and oxygen atoms in total. The molecule has 0 spiro atoms. The van der Waals surface area contributed by atoms with E-state index in [0.717, 1.165) is 23.4 Å². The van der Waals surface area contributed by atoms with Gasteiger partial charge in [0, 0.05) is 10.9 Å². The SMILES string of the molecule is CCC(CC)c1nnc(NC(=O)c2ccccc2OCc2ccc(Cl)cc2)s1. The van der Waals surface area contributed by atoms with Crippen molar-refractivity contribution in [3.05, 3.63) is 69.7 Å². The molecule has 1 amide bonds. The van der Waals surface area contributed by atoms with Gasteiger partial charge < -0.3 is 4.74 Å². The number of halogens is 1. The van der Waals surface area contributed by atoms with Crippen molar-refractivity contribution in [1.82, 2.24) is 10.2 Å². The van der Waals surface area contributed by atoms with E-state index in [9.17, 15) is 4.79 Å². The van der Waals surface area contributed by atoms with Crippen molar-refractivity contribution in [2.24, 2.45) is 0 Å². The van der Waals surface area contributed by atoms with Crippen molar-refractivity contribution in [2.75, 3.05) is 5.32 Å². The van der Waals surface area contributed by atoms with Gasteiger partial charge in [-0.05, 0) is 42.7 Å². The van der Waals surface area contributed by atoms with Crippen LogP contribution < -0.4 is 10.1 Å². The predicted molar refractivity (Wildman–Crippen MR) is 113 cm³/mol. The molecule has 3 rings (SSSR count). The summed E-state index contributed by atoms with van der Waals surface area (Å²) < 4.78 is 5.86. The molecule has 0 atom stereocenters. The maximum Gasteiger partial charge on any atom is 0.261 e. The van der Waals surface area contributed by atoms with Crippen molar-refractivity contribution in [3.8, 4) is 5.75 Å². The maximum atomic E-state index is 12.7. The fraction of sp³-hybridized carbons (Fsp3) is 0.286. The molecule has 0 aliphatic heterocycles. The third-order valence-corrected chi connectivity index (χ3v) is 5.69. The molecule has 1 heterocycles. The third kappa shape index (κ3) is 5.09. The van der Waals surface area contributed by atoms with Crippen LogP contribution in [0.25, 0.3) is 0 Å². The number of para-hydroxylation sites is 1. The highest BCUT2D eigenvalue weighted by atomic mass is 35.5. The van der Waals surface area contributed by atoms with Crippen molar-refractivity contribution in [2.45, 2.75) is 39.2 Å². The van der Waals surface area contributed by atoms with Gasteiger partial charge in [0.05, 0.1) is 5.56 Å². The molecule has 2 aromatic carbocycles. The van der Waals surface area contributed by atoms with E-state index in [1.165, 1.54) is 11.3 Å². The Hall–Kier alpha value is -2.44. The minimum Gasteiger partial charge on any atom is -0.488 e. The number of benzene rings is 2. The summed E-state index contributed by atoms with van der Waals surface area (Å²) in [6.07, 6.45) is 2.00. The van der Waals surface area contributed by atoms with Crippen molar-refractivity contribution in [1.29, 1.82) is 0 Å². The number of carbonyl (C=O) groups is 1. The average Bonchev–Trinajstić information content (AvgIpc) is 3.17. The number of amides is 1. The standard InChI is InChI=1S/C21H22ClN3O2S/c1-3-15(4-2)20-24-25-21(28-20)23-19(26)17-7-5-6-8-18(17)27-13-14-9-11-16(22)12-10-14/h5-12,15H,3-4,13H2,1-2H3,(H,23,25,26). The number of hydrogen-bond acceptors (Lipinski definition) is 5. The highest BCUT2D eigenvalue weighted by Crippen LogP contribution is 2.29. The first-order valence-corrected chi connectivity index (χ1v) is 10.4. The Labute approximate surface area is 173 Å². The van der Waals surface area contributed by atoms with E-state index >= 15 is 0 Å². The van der Waals surface area contributed by atoms with Gasteiger partial charge in [0.1, 0.15) is 17.4 Å². The molecular formula is C21H22ClN3O2S. The van der Waals surface area contributed by atoms with E-state index in [0.29, 0.717) is 34.0 Å². The predicted octanol–water partition coefficient (Wildman–Crippen LogP) is 5.93. The molecule has 1 N–H and O–H groups in total. The van der Waals surface area contributed by atoms with Gasteiger partial charge in [-0.3, -0.25) is 10.1 Å². The summed E-state index contributed by atoms with van der Waals surface area (Å²) in [5.41, 5.74) is 1.43. The topological polar surface area (TPSA) is 64.1 Å². The Balaban J connectivity index is 1.69. The van der Waals surface area contributed by atoms with Gasteiger partial charge in [0.2, 0.25) is 5.13 Å². The van der Waals surface area contributed by atoms with Crippen LogP contribution in [0.1, 0.15) is 53.5 Å². The summed E-state index contributed by atoms with van der Waals surface area (Å²) in [5, 5.41) is 13.3. The molecule has 0 aliphatic carbocycles. The van der Waals surface area contributed by atoms with Gasteiger partial charge in [0.25, 0.3) is 5.91 Å². The number of nitrogens with one attached hydrogen (secondary N) is 1. The Morgan fingerprint density at radius 1 is 1.11 bits per heavy atom. The minimum atomic E-state index is -0.265. The molecule has 0 radical (unpaired) electrons. The fourth-order valence-corrected chi connectivity index (χ4v) is 3.91. The minimum absolute atomic E-state index is 0.265. The average molecular weight is 416 g/mol. The number of anilines is 1. The number of aromatic nitrogens is 2. The number of hydrogen-bond donors (Lipinski definition) is 1. The Morgan fingerprint density at radius 3 is 2.54 bits per heavy atom. The fourth-order valence-electron chi connectivity index (χ4n) is 2.77. The van der Waals surface area contributed by atoms with Crippen LogP contribution in [0.4, 0.5) is 5.13 Å². The largest absolute Gasteiger partial charge is 0.488 e. The summed E-state index contributed by atoms with van der Waals surface area (Å²) in [6, 6.07) is 14.6. The van der Waals surface area contributed by atoms with E-state index < -0.39 is 0 Å². The van der Waals surface area contributed by atoms with Crippen LogP contribution in [0.3, 0.4) is 0 Å². The van der Waals surface area contributed by atoms with Crippen LogP contribution in [0.15, 0.2) is 48.5 Å². The zero-order chi connectivity index (χ0) is 19.9. The van der Waals surface area contributed by atoms with Crippen LogP contribution in [0, 0.1) is 0 Å². The van der Waals surface area contributed by atoms with E-state index in [1.807, 2.05) is 30.3 Å². The lowest BCUT2D eigenvalue weighted by Crippen LogP contribution is -2.13. The normalized spacial score (nSPS) is 10.9. The molecule has 0 aliphatic rings. The molecular weight excluding hydrogens is 394 g/mol. The number of ether oxygens (including phenoxy) is 1. The van der Waals surface area contributed by atoms with Gasteiger partial charge >= 0.3 is 0 Å². The van der Waals surface area contributed by atoms with Gasteiger partial charge in [-0.15, -0.1) is 10.2 Å². The van der Waals surface area contributed by atoms with Gasteiger partial charge in [-0.1, -0.05) is 61.1 Å². The monoisotopic (exact) mass is 415 g/mol. The van der Waals surface area contributed by atoms with Crippen LogP contribution in [0.5, 0.6) is 5.75 Å². The van der Waals surface area contributed by atoms with Crippen LogP contribution in [0.2, 0.25) is 5.02 Å². The van der Waals surface area contributed by atoms with Crippen LogP contribution in [-0.4, -0.2) is 16.1 Å². The Morgan fingerprint density at radius 2 is 1.82 bits per heavy atom. The van der Waals surface area contributed by atoms with E-state index in [2.05, 4.69) is 29.4 Å². The first kappa shape index (κ1) is 20.3. The van der Waals surface area contributed by atoms with Gasteiger partial charge in [-0.25, -0.2) is 0 Å². The highest BCUT2D eigenvalue weighted by Gasteiger charge is 2.17. The third-order valence-electron chi connectivity index (χ3n) is 4.44. The Bertz CT molecular complexity index is 923. The summed E-state index contributed by atoms with van der Waals surface area (Å²) in [7, 11) is 0. The van der Waals surface area contributed by atoms with Gasteiger partial charge in [-0.2, -0.15) is 0 Å². The first-order valence-electron chi connectivity index (χ1n) is 9.21. The summed E-state index contributed by atoms with van der Waals surface area (Å²) in [4.78, 5) is 12.7. The molecule has 0 saturated carbocycles. The smallest absolute Gasteiger partial charge is 0.261 e. The molecule has 0 fully saturated rings. The molecule has 3 aromatic rings. The van der Waals surface area contributed by atoms with Crippen molar-refractivity contribution < 1.29 is 9.53 Å².